The van der Waals surface area contributed by atoms with Gasteiger partial charge in [-0.2, -0.15) is 0 Å². The lowest BCUT2D eigenvalue weighted by molar-refractivity contribution is 0.137. The van der Waals surface area contributed by atoms with Crippen LogP contribution in [0.25, 0.3) is 11.0 Å². The van der Waals surface area contributed by atoms with Crippen LogP contribution in [0.2, 0.25) is 0 Å². The van der Waals surface area contributed by atoms with Crippen LogP contribution in [-0.2, 0) is 0 Å². The number of thiol groups is 2. The van der Waals surface area contributed by atoms with Crippen LogP contribution in [-0.4, -0.2) is 26.3 Å². The molecule has 0 bridgehead atoms. The highest BCUT2D eigenvalue weighted by Gasteiger charge is 1.99. The number of carbonyl (C=O) groups is 1. The summed E-state index contributed by atoms with van der Waals surface area (Å²) in [6.07, 6.45) is -1.83. The predicted molar refractivity (Wildman–Crippen MR) is 64.7 cm³/mol. The van der Waals surface area contributed by atoms with E-state index in [0.717, 1.165) is 11.0 Å². The molecule has 0 radical (unpaired) electrons. The summed E-state index contributed by atoms with van der Waals surface area (Å²) in [4.78, 5) is 17.0. The van der Waals surface area contributed by atoms with Crippen LogP contribution in [0, 0.1) is 0 Å². The molecule has 5 nitrogen and oxygen atoms in total. The normalized spacial score (nSPS) is 9.38. The Bertz CT molecular complexity index is 475. The van der Waals surface area contributed by atoms with Gasteiger partial charge in [0, 0.05) is 0 Å². The molecule has 2 aromatic rings. The molecular formula is C9H8N2O3S2. The van der Waals surface area contributed by atoms with E-state index in [9.17, 15) is 0 Å². The smallest absolute Gasteiger partial charge is 0.450 e. The van der Waals surface area contributed by atoms with Crippen molar-refractivity contribution >= 4 is 42.4 Å². The molecule has 0 amide bonds. The Morgan fingerprint density at radius 3 is 1.62 bits per heavy atom. The van der Waals surface area contributed by atoms with Crippen molar-refractivity contribution in [1.82, 2.24) is 9.97 Å². The quantitative estimate of drug-likeness (QED) is 0.544. The molecule has 0 aliphatic rings. The SMILES string of the molecule is O=C(O)O.Sc1nc2ccccc2nc1S. The second-order valence-corrected chi connectivity index (χ2v) is 3.49. The molecule has 2 N–H and O–H groups in total. The molecule has 0 atom stereocenters. The number of rotatable bonds is 0. The number of nitrogens with zero attached hydrogens (tertiary/aromatic N) is 2. The summed E-state index contributed by atoms with van der Waals surface area (Å²) in [5, 5.41) is 15.1. The van der Waals surface area contributed by atoms with Gasteiger partial charge in [-0.05, 0) is 12.1 Å². The molecule has 0 aliphatic carbocycles. The minimum absolute atomic E-state index is 0.567. The fourth-order valence-electron chi connectivity index (χ4n) is 0.981. The number of hydrogen-bond acceptors (Lipinski definition) is 5. The second kappa shape index (κ2) is 5.57. The van der Waals surface area contributed by atoms with E-state index in [2.05, 4.69) is 35.2 Å². The molecule has 1 heterocycles. The van der Waals surface area contributed by atoms with E-state index < -0.39 is 6.16 Å². The molecule has 0 unspecified atom stereocenters. The van der Waals surface area contributed by atoms with Crippen LogP contribution in [0.5, 0.6) is 0 Å². The van der Waals surface area contributed by atoms with Gasteiger partial charge in [-0.1, -0.05) is 12.1 Å². The summed E-state index contributed by atoms with van der Waals surface area (Å²) in [5.74, 6) is 0. The van der Waals surface area contributed by atoms with Crippen LogP contribution in [0.15, 0.2) is 34.3 Å². The first-order chi connectivity index (χ1) is 7.50. The van der Waals surface area contributed by atoms with Crippen molar-refractivity contribution < 1.29 is 15.0 Å². The van der Waals surface area contributed by atoms with E-state index in [4.69, 9.17) is 15.0 Å². The minimum Gasteiger partial charge on any atom is -0.450 e. The summed E-state index contributed by atoms with van der Waals surface area (Å²) in [6.45, 7) is 0. The molecule has 0 saturated heterocycles. The molecule has 84 valence electrons. The first-order valence-corrected chi connectivity index (χ1v) is 4.96. The third-order valence-corrected chi connectivity index (χ3v) is 2.33. The molecule has 0 saturated carbocycles. The summed E-state index contributed by atoms with van der Waals surface area (Å²) in [7, 11) is 0. The highest BCUT2D eigenvalue weighted by molar-refractivity contribution is 7.83. The van der Waals surface area contributed by atoms with E-state index in [1.165, 1.54) is 0 Å². The van der Waals surface area contributed by atoms with Gasteiger partial charge in [-0.25, -0.2) is 14.8 Å². The first kappa shape index (κ1) is 12.6. The molecule has 0 spiro atoms. The third kappa shape index (κ3) is 3.59. The van der Waals surface area contributed by atoms with E-state index >= 15 is 0 Å². The number of fused-ring (bicyclic) bond motifs is 1. The zero-order valence-corrected chi connectivity index (χ0v) is 9.69. The largest absolute Gasteiger partial charge is 0.503 e. The van der Waals surface area contributed by atoms with Gasteiger partial charge < -0.3 is 10.2 Å². The average Bonchev–Trinajstić information content (AvgIpc) is 2.19. The Morgan fingerprint density at radius 1 is 1.00 bits per heavy atom. The standard InChI is InChI=1S/C8H6N2S2.CH2O3/c11-7-8(12)10-6-4-2-1-3-5(6)9-7;2-1(3)4/h1-4H,(H,9,11)(H,10,12);(H2,2,3,4). The van der Waals surface area contributed by atoms with E-state index in [1.54, 1.807) is 0 Å². The van der Waals surface area contributed by atoms with E-state index in [1.807, 2.05) is 24.3 Å². The van der Waals surface area contributed by atoms with Crippen LogP contribution in [0.1, 0.15) is 0 Å². The third-order valence-electron chi connectivity index (χ3n) is 1.53. The number of carboxylic acid groups (broad SMARTS) is 2. The Hall–Kier alpha value is -1.47. The number of benzene rings is 1. The summed E-state index contributed by atoms with van der Waals surface area (Å²) in [6, 6.07) is 7.63. The van der Waals surface area contributed by atoms with Gasteiger partial charge in [-0.3, -0.25) is 0 Å². The lowest BCUT2D eigenvalue weighted by atomic mass is 10.3. The van der Waals surface area contributed by atoms with Crippen molar-refractivity contribution in [3.8, 4) is 0 Å². The van der Waals surface area contributed by atoms with Gasteiger partial charge in [0.05, 0.1) is 11.0 Å². The Balaban J connectivity index is 0.000000280. The fourth-order valence-corrected chi connectivity index (χ4v) is 1.30. The molecule has 0 fully saturated rings. The van der Waals surface area contributed by atoms with Gasteiger partial charge in [0.2, 0.25) is 0 Å². The molecule has 1 aromatic heterocycles. The molecule has 1 aromatic carbocycles. The van der Waals surface area contributed by atoms with Gasteiger partial charge in [0.15, 0.2) is 0 Å². The highest BCUT2D eigenvalue weighted by atomic mass is 32.1. The summed E-state index contributed by atoms with van der Waals surface area (Å²) < 4.78 is 0. The van der Waals surface area contributed by atoms with Crippen molar-refractivity contribution in [2.24, 2.45) is 0 Å². The monoisotopic (exact) mass is 256 g/mol. The number of hydrogen-bond donors (Lipinski definition) is 4. The minimum atomic E-state index is -1.83. The maximum absolute atomic E-state index is 8.56. The van der Waals surface area contributed by atoms with E-state index in [0.29, 0.717) is 10.1 Å². The van der Waals surface area contributed by atoms with Crippen LogP contribution in [0.4, 0.5) is 4.79 Å². The van der Waals surface area contributed by atoms with Gasteiger partial charge in [-0.15, -0.1) is 25.3 Å². The lowest BCUT2D eigenvalue weighted by Crippen LogP contribution is -1.86. The highest BCUT2D eigenvalue weighted by Crippen LogP contribution is 2.17. The van der Waals surface area contributed by atoms with Crippen LogP contribution in [0.3, 0.4) is 0 Å². The Labute approximate surface area is 102 Å². The molecule has 7 heteroatoms. The van der Waals surface area contributed by atoms with Crippen molar-refractivity contribution in [3.63, 3.8) is 0 Å². The zero-order valence-electron chi connectivity index (χ0n) is 7.90. The van der Waals surface area contributed by atoms with Crippen LogP contribution < -0.4 is 0 Å². The Morgan fingerprint density at radius 2 is 1.31 bits per heavy atom. The van der Waals surface area contributed by atoms with Crippen molar-refractivity contribution in [1.29, 1.82) is 0 Å². The van der Waals surface area contributed by atoms with Crippen LogP contribution >= 0.6 is 25.3 Å². The predicted octanol–water partition coefficient (Wildman–Crippen LogP) is 2.43. The van der Waals surface area contributed by atoms with Gasteiger partial charge in [0.25, 0.3) is 0 Å². The molecule has 16 heavy (non-hydrogen) atoms. The molecular weight excluding hydrogens is 248 g/mol. The summed E-state index contributed by atoms with van der Waals surface area (Å²) >= 11 is 8.25. The maximum atomic E-state index is 8.56. The number of para-hydroxylation sites is 2. The first-order valence-electron chi connectivity index (χ1n) is 4.07. The van der Waals surface area contributed by atoms with Crippen molar-refractivity contribution in [2.45, 2.75) is 10.1 Å². The van der Waals surface area contributed by atoms with E-state index in [-0.39, 0.29) is 0 Å². The summed E-state index contributed by atoms with van der Waals surface area (Å²) in [5.41, 5.74) is 1.70. The van der Waals surface area contributed by atoms with Crippen molar-refractivity contribution in [2.75, 3.05) is 0 Å². The zero-order chi connectivity index (χ0) is 12.1. The average molecular weight is 256 g/mol. The number of aromatic nitrogens is 2. The molecule has 0 aliphatic heterocycles. The molecule has 2 rings (SSSR count). The van der Waals surface area contributed by atoms with Gasteiger partial charge >= 0.3 is 6.16 Å². The van der Waals surface area contributed by atoms with Crippen molar-refractivity contribution in [3.05, 3.63) is 24.3 Å². The topological polar surface area (TPSA) is 83.3 Å². The lowest BCUT2D eigenvalue weighted by Gasteiger charge is -1.98. The fraction of sp³-hybridized carbons (Fsp3) is 0. The second-order valence-electron chi connectivity index (χ2n) is 2.64. The maximum Gasteiger partial charge on any atom is 0.503 e. The van der Waals surface area contributed by atoms with Gasteiger partial charge in [0.1, 0.15) is 10.1 Å². The Kier molecular flexibility index (Phi) is 4.39.